The van der Waals surface area contributed by atoms with Crippen LogP contribution < -0.4 is 10.2 Å². The van der Waals surface area contributed by atoms with Crippen molar-refractivity contribution < 1.29 is 24.3 Å². The molecule has 2 amide bonds. The van der Waals surface area contributed by atoms with Gasteiger partial charge in [-0.25, -0.2) is 9.79 Å². The highest BCUT2D eigenvalue weighted by Gasteiger charge is 2.52. The van der Waals surface area contributed by atoms with E-state index in [4.69, 9.17) is 16.6 Å². The number of nitrogens with zero attached hydrogens (tertiary/aromatic N) is 3. The van der Waals surface area contributed by atoms with E-state index in [0.717, 1.165) is 0 Å². The topological polar surface area (TPSA) is 129 Å². The van der Waals surface area contributed by atoms with Gasteiger partial charge in [-0.2, -0.15) is 0 Å². The summed E-state index contributed by atoms with van der Waals surface area (Å²) in [7, 11) is 0. The van der Waals surface area contributed by atoms with Gasteiger partial charge in [-0.1, -0.05) is 72.3 Å². The largest absolute Gasteiger partial charge is 0.480 e. The first-order valence-electron chi connectivity index (χ1n) is 13.9. The number of Topliss-reactive ketones (excluding diaryl/α,β-unsaturated/α-hetero) is 1. The third-order valence-corrected chi connectivity index (χ3v) is 7.86. The summed E-state index contributed by atoms with van der Waals surface area (Å²) in [6.45, 7) is 3.08. The summed E-state index contributed by atoms with van der Waals surface area (Å²) in [6.07, 6.45) is 3.25. The number of aryl methyl sites for hydroxylation is 1. The van der Waals surface area contributed by atoms with Gasteiger partial charge in [0.05, 0.1) is 16.3 Å². The molecule has 1 aliphatic heterocycles. The van der Waals surface area contributed by atoms with Crippen LogP contribution in [0.5, 0.6) is 0 Å². The smallest absolute Gasteiger partial charge is 0.326 e. The number of rotatable bonds is 10. The molecule has 222 valence electrons. The van der Waals surface area contributed by atoms with Crippen LogP contribution in [-0.2, 0) is 27.2 Å². The lowest BCUT2D eigenvalue weighted by molar-refractivity contribution is -0.139. The van der Waals surface area contributed by atoms with Gasteiger partial charge in [0.2, 0.25) is 5.54 Å². The Balaban J connectivity index is 1.44. The van der Waals surface area contributed by atoms with E-state index in [1.54, 1.807) is 73.9 Å². The summed E-state index contributed by atoms with van der Waals surface area (Å²) in [4.78, 5) is 62.6. The number of halogens is 1. The maximum Gasteiger partial charge on any atom is 0.326 e. The first-order chi connectivity index (χ1) is 21.1. The summed E-state index contributed by atoms with van der Waals surface area (Å²) in [6, 6.07) is 23.1. The summed E-state index contributed by atoms with van der Waals surface area (Å²) < 4.78 is 0. The van der Waals surface area contributed by atoms with Gasteiger partial charge in [0.15, 0.2) is 5.78 Å². The summed E-state index contributed by atoms with van der Waals surface area (Å²) in [5.74, 6) is -2.35. The minimum atomic E-state index is -1.68. The van der Waals surface area contributed by atoms with Gasteiger partial charge >= 0.3 is 5.97 Å². The fraction of sp³-hybridized carbons (Fsp3) is 0.176. The molecule has 5 rings (SSSR count). The van der Waals surface area contributed by atoms with Crippen molar-refractivity contribution in [2.75, 3.05) is 4.90 Å². The van der Waals surface area contributed by atoms with Crippen LogP contribution in [0.3, 0.4) is 0 Å². The maximum atomic E-state index is 14.2. The average molecular weight is 609 g/mol. The van der Waals surface area contributed by atoms with Crippen LogP contribution in [0.1, 0.15) is 39.5 Å². The molecule has 9 nitrogen and oxygen atoms in total. The second kappa shape index (κ2) is 12.6. The zero-order valence-electron chi connectivity index (χ0n) is 24.0. The number of amidine groups is 1. The van der Waals surface area contributed by atoms with Gasteiger partial charge in [0, 0.05) is 30.8 Å². The van der Waals surface area contributed by atoms with Crippen molar-refractivity contribution >= 4 is 46.7 Å². The van der Waals surface area contributed by atoms with Crippen LogP contribution in [0.2, 0.25) is 5.02 Å². The molecule has 1 aliphatic rings. The number of anilines is 1. The van der Waals surface area contributed by atoms with E-state index in [1.165, 1.54) is 11.8 Å². The highest BCUT2D eigenvalue weighted by molar-refractivity contribution is 6.35. The number of aromatic nitrogens is 1. The standard InChI is InChI=1S/C34H29ClN4O5/c1-21-8-6-12-27(35)29(21)31(41)37-28(32(42)43)18-23-13-15-26(16-14-23)39-30(25-10-4-3-5-11-25)38-34(22(2)40,33(39)44)19-24-9-7-17-36-20-24/h3-17,20,28H,18-19H2,1-2H3,(H,37,41)(H,42,43). The SMILES string of the molecule is CC(=O)C1(Cc2cccnc2)N=C(c2ccccc2)N(c2ccc(CC(NC(=O)c3c(C)cccc3Cl)C(=O)O)cc2)C1=O. The average Bonchev–Trinajstić information content (AvgIpc) is 3.30. The number of carbonyl (C=O) groups excluding carboxylic acids is 3. The van der Waals surface area contributed by atoms with Crippen molar-refractivity contribution in [1.82, 2.24) is 10.3 Å². The van der Waals surface area contributed by atoms with Crippen molar-refractivity contribution in [3.8, 4) is 0 Å². The second-order valence-electron chi connectivity index (χ2n) is 10.6. The van der Waals surface area contributed by atoms with Gasteiger partial charge in [-0.15, -0.1) is 0 Å². The molecule has 10 heteroatoms. The molecule has 2 atom stereocenters. The zero-order chi connectivity index (χ0) is 31.4. The number of nitrogens with one attached hydrogen (secondary N) is 1. The van der Waals surface area contributed by atoms with Crippen molar-refractivity contribution in [3.63, 3.8) is 0 Å². The Hall–Kier alpha value is -5.15. The normalized spacial score (nSPS) is 16.8. The van der Waals surface area contributed by atoms with Gasteiger partial charge in [0.25, 0.3) is 11.8 Å². The molecule has 2 unspecified atom stereocenters. The van der Waals surface area contributed by atoms with E-state index >= 15 is 0 Å². The maximum absolute atomic E-state index is 14.2. The number of benzene rings is 3. The van der Waals surface area contributed by atoms with Gasteiger partial charge < -0.3 is 10.4 Å². The fourth-order valence-electron chi connectivity index (χ4n) is 5.21. The second-order valence-corrected chi connectivity index (χ2v) is 11.0. The number of carbonyl (C=O) groups is 4. The lowest BCUT2D eigenvalue weighted by Crippen LogP contribution is -2.49. The van der Waals surface area contributed by atoms with Crippen LogP contribution in [0.25, 0.3) is 0 Å². The lowest BCUT2D eigenvalue weighted by Gasteiger charge is -2.24. The van der Waals surface area contributed by atoms with E-state index in [0.29, 0.717) is 33.8 Å². The van der Waals surface area contributed by atoms with E-state index in [2.05, 4.69) is 10.3 Å². The Bertz CT molecular complexity index is 1740. The van der Waals surface area contributed by atoms with Crippen molar-refractivity contribution in [1.29, 1.82) is 0 Å². The molecule has 3 aromatic carbocycles. The molecule has 0 radical (unpaired) electrons. The van der Waals surface area contributed by atoms with Crippen LogP contribution in [-0.4, -0.2) is 51.1 Å². The predicted molar refractivity (Wildman–Crippen MR) is 167 cm³/mol. The molecule has 0 saturated carbocycles. The number of ketones is 1. The van der Waals surface area contributed by atoms with Gasteiger partial charge in [-0.3, -0.25) is 24.3 Å². The molecule has 44 heavy (non-hydrogen) atoms. The summed E-state index contributed by atoms with van der Waals surface area (Å²) >= 11 is 6.21. The van der Waals surface area contributed by atoms with E-state index in [9.17, 15) is 24.3 Å². The highest BCUT2D eigenvalue weighted by Crippen LogP contribution is 2.34. The van der Waals surface area contributed by atoms with E-state index in [-0.39, 0.29) is 23.4 Å². The summed E-state index contributed by atoms with van der Waals surface area (Å²) in [5, 5.41) is 12.7. The first-order valence-corrected chi connectivity index (χ1v) is 14.3. The number of aliphatic imine (C=N–C) groups is 1. The minimum Gasteiger partial charge on any atom is -0.480 e. The minimum absolute atomic E-state index is 0.0170. The molecule has 0 fully saturated rings. The number of amides is 2. The van der Waals surface area contributed by atoms with E-state index in [1.807, 2.05) is 30.3 Å². The Morgan fingerprint density at radius 3 is 2.30 bits per heavy atom. The molecular weight excluding hydrogens is 580 g/mol. The number of pyridine rings is 1. The van der Waals surface area contributed by atoms with Crippen molar-refractivity contribution in [2.24, 2.45) is 4.99 Å². The van der Waals surface area contributed by atoms with E-state index < -0.39 is 35.1 Å². The molecule has 1 aromatic heterocycles. The van der Waals surface area contributed by atoms with Crippen molar-refractivity contribution in [3.05, 3.63) is 130 Å². The highest BCUT2D eigenvalue weighted by atomic mass is 35.5. The van der Waals surface area contributed by atoms with Crippen LogP contribution in [0, 0.1) is 6.92 Å². The Labute approximate surface area is 259 Å². The van der Waals surface area contributed by atoms with Crippen LogP contribution >= 0.6 is 11.6 Å². The predicted octanol–water partition coefficient (Wildman–Crippen LogP) is 4.83. The molecule has 2 heterocycles. The number of aliphatic carboxylic acids is 1. The van der Waals surface area contributed by atoms with Crippen molar-refractivity contribution in [2.45, 2.75) is 38.3 Å². The fourth-order valence-corrected chi connectivity index (χ4v) is 5.52. The molecule has 0 spiro atoms. The number of hydrogen-bond acceptors (Lipinski definition) is 6. The quantitative estimate of drug-likeness (QED) is 0.248. The monoisotopic (exact) mass is 608 g/mol. The molecule has 0 bridgehead atoms. The third kappa shape index (κ3) is 6.00. The molecule has 4 aromatic rings. The number of hydrogen-bond donors (Lipinski definition) is 2. The zero-order valence-corrected chi connectivity index (χ0v) is 24.8. The molecule has 0 saturated heterocycles. The Kier molecular flexibility index (Phi) is 8.69. The lowest BCUT2D eigenvalue weighted by atomic mass is 9.87. The van der Waals surface area contributed by atoms with Crippen LogP contribution in [0.4, 0.5) is 5.69 Å². The first kappa shape index (κ1) is 30.3. The van der Waals surface area contributed by atoms with Crippen LogP contribution in [0.15, 0.2) is 102 Å². The Morgan fingerprint density at radius 2 is 1.68 bits per heavy atom. The molecular formula is C34H29ClN4O5. The van der Waals surface area contributed by atoms with Gasteiger partial charge in [0.1, 0.15) is 11.9 Å². The Morgan fingerprint density at radius 1 is 0.955 bits per heavy atom. The van der Waals surface area contributed by atoms with Gasteiger partial charge in [-0.05, 0) is 54.8 Å². The number of carboxylic acid groups (broad SMARTS) is 1. The molecule has 0 aliphatic carbocycles. The summed E-state index contributed by atoms with van der Waals surface area (Å²) in [5.41, 5.74) is 1.58. The third-order valence-electron chi connectivity index (χ3n) is 7.55. The molecule has 2 N–H and O–H groups in total. The number of carboxylic acids is 1.